The lowest BCUT2D eigenvalue weighted by Gasteiger charge is -2.41. The van der Waals surface area contributed by atoms with Gasteiger partial charge in [0.05, 0.1) is 27.9 Å². The number of hydrogen-bond donors (Lipinski definition) is 0. The Morgan fingerprint density at radius 2 is 1.46 bits per heavy atom. The summed E-state index contributed by atoms with van der Waals surface area (Å²) in [5, 5.41) is 1.26. The first-order valence-corrected chi connectivity index (χ1v) is 22.1. The van der Waals surface area contributed by atoms with Gasteiger partial charge in [-0.2, -0.15) is 0 Å². The average Bonchev–Trinajstić information content (AvgIpc) is 3.04. The Balaban J connectivity index is 1.78. The molecule has 1 saturated heterocycles. The second kappa shape index (κ2) is 19.8. The summed E-state index contributed by atoms with van der Waals surface area (Å²) in [6.45, 7) is 23.9. The molecule has 0 aromatic heterocycles. The summed E-state index contributed by atoms with van der Waals surface area (Å²) in [7, 11) is -2.06. The van der Waals surface area contributed by atoms with E-state index in [1.165, 1.54) is 68.5 Å². The number of hydrogen-bond acceptors (Lipinski definition) is 6. The molecule has 1 aliphatic carbocycles. The van der Waals surface area contributed by atoms with Crippen LogP contribution in [0.15, 0.2) is 36.4 Å². The number of unbranched alkanes of at least 4 members (excludes halogenated alkanes) is 4. The Kier molecular flexibility index (Phi) is 16.6. The molecule has 3 rings (SSSR count). The molecule has 1 heterocycles. The quantitative estimate of drug-likeness (QED) is 0.0525. The van der Waals surface area contributed by atoms with E-state index in [0.29, 0.717) is 17.1 Å². The lowest BCUT2D eigenvalue weighted by Crippen LogP contribution is -2.46. The van der Waals surface area contributed by atoms with Gasteiger partial charge in [-0.05, 0) is 86.1 Å². The van der Waals surface area contributed by atoms with E-state index >= 15 is 0 Å². The van der Waals surface area contributed by atoms with Crippen LogP contribution in [0.4, 0.5) is 0 Å². The Morgan fingerprint density at radius 3 is 1.96 bits per heavy atom. The number of carbonyl (C=O) groups is 2. The molecule has 2 fully saturated rings. The zero-order chi connectivity index (χ0) is 35.2. The molecule has 0 spiro atoms. The number of rotatable bonds is 22. The van der Waals surface area contributed by atoms with Crippen LogP contribution in [-0.4, -0.2) is 46.4 Å². The molecule has 2 aliphatic rings. The summed E-state index contributed by atoms with van der Waals surface area (Å²) in [6.07, 6.45) is 15.7. The van der Waals surface area contributed by atoms with Crippen molar-refractivity contribution in [2.75, 3.05) is 26.4 Å². The molecule has 0 atom stereocenters. The molecule has 48 heavy (non-hydrogen) atoms. The fraction of sp³-hybridized carbons (Fsp3) is 0.707. The van der Waals surface area contributed by atoms with Gasteiger partial charge in [0.2, 0.25) is 0 Å². The highest BCUT2D eigenvalue weighted by molar-refractivity contribution is 6.90. The first-order chi connectivity index (χ1) is 22.9. The minimum atomic E-state index is -2.06. The molecule has 0 radical (unpaired) electrons. The molecule has 1 aromatic rings. The van der Waals surface area contributed by atoms with Gasteiger partial charge in [0.25, 0.3) is 0 Å². The zero-order valence-electron chi connectivity index (χ0n) is 31.3. The van der Waals surface area contributed by atoms with Crippen molar-refractivity contribution in [1.82, 2.24) is 0 Å². The maximum absolute atomic E-state index is 12.6. The van der Waals surface area contributed by atoms with Crippen LogP contribution >= 0.6 is 0 Å². The van der Waals surface area contributed by atoms with Gasteiger partial charge in [-0.25, -0.2) is 9.59 Å². The summed E-state index contributed by atoms with van der Waals surface area (Å²) < 4.78 is 23.3. The SMILES string of the molecule is C=C(C)C(=O)OCc1cc(C2CCC(CCCCC)CC2)cc(COC(=O)C(=C)C)c1[Si](C)(C)CCCCCOCC1(CCC)COC1. The van der Waals surface area contributed by atoms with Crippen LogP contribution in [0.25, 0.3) is 0 Å². The standard InChI is InChI=1S/C41H66O6Si/c1-9-11-13-16-33-17-19-34(20-18-33)35-24-36(26-46-39(42)31(3)4)38(37(25-35)27-47-40(43)32(5)6)48(7,8)23-15-12-14-22-44-28-41(21-10-2)29-45-30-41/h24-25,33-34H,3,5,9-23,26-30H2,1-2,4,6-8H3. The van der Waals surface area contributed by atoms with Crippen LogP contribution in [0.5, 0.6) is 0 Å². The Bertz CT molecular complexity index is 1160. The van der Waals surface area contributed by atoms with Crippen molar-refractivity contribution < 1.29 is 28.5 Å². The van der Waals surface area contributed by atoms with Gasteiger partial charge in [0.1, 0.15) is 13.2 Å². The summed E-state index contributed by atoms with van der Waals surface area (Å²) in [5.41, 5.74) is 4.45. The fourth-order valence-corrected chi connectivity index (χ4v) is 11.1. The van der Waals surface area contributed by atoms with Crippen molar-refractivity contribution in [3.8, 4) is 0 Å². The molecule has 1 aliphatic heterocycles. The van der Waals surface area contributed by atoms with Crippen LogP contribution in [0.3, 0.4) is 0 Å². The van der Waals surface area contributed by atoms with E-state index in [2.05, 4.69) is 52.2 Å². The number of ether oxygens (including phenoxy) is 4. The first kappa shape index (κ1) is 40.2. The Morgan fingerprint density at radius 1 is 0.854 bits per heavy atom. The lowest BCUT2D eigenvalue weighted by molar-refractivity contribution is -0.152. The predicted octanol–water partition coefficient (Wildman–Crippen LogP) is 9.70. The smallest absolute Gasteiger partial charge is 0.333 e. The second-order valence-corrected chi connectivity index (χ2v) is 20.4. The highest BCUT2D eigenvalue weighted by Gasteiger charge is 2.38. The molecule has 1 aromatic carbocycles. The van der Waals surface area contributed by atoms with Crippen LogP contribution < -0.4 is 5.19 Å². The van der Waals surface area contributed by atoms with Crippen LogP contribution in [-0.2, 0) is 41.8 Å². The maximum Gasteiger partial charge on any atom is 0.333 e. The molecule has 7 heteroatoms. The Hall–Kier alpha value is -2.22. The normalized spacial score (nSPS) is 19.0. The summed E-state index contributed by atoms with van der Waals surface area (Å²) in [6, 6.07) is 5.71. The van der Waals surface area contributed by atoms with E-state index in [9.17, 15) is 9.59 Å². The summed E-state index contributed by atoms with van der Waals surface area (Å²) in [5.74, 6) is 0.534. The van der Waals surface area contributed by atoms with E-state index < -0.39 is 8.07 Å². The van der Waals surface area contributed by atoms with Crippen molar-refractivity contribution in [3.63, 3.8) is 0 Å². The van der Waals surface area contributed by atoms with Crippen molar-refractivity contribution in [2.45, 2.75) is 149 Å². The summed E-state index contributed by atoms with van der Waals surface area (Å²) >= 11 is 0. The van der Waals surface area contributed by atoms with Gasteiger partial charge in [-0.1, -0.05) is 103 Å². The van der Waals surface area contributed by atoms with Gasteiger partial charge in [-0.3, -0.25) is 0 Å². The van der Waals surface area contributed by atoms with E-state index in [-0.39, 0.29) is 30.6 Å². The number of benzene rings is 1. The third-order valence-electron chi connectivity index (χ3n) is 10.5. The van der Waals surface area contributed by atoms with E-state index in [1.807, 2.05) is 0 Å². The second-order valence-electron chi connectivity index (χ2n) is 15.6. The molecule has 1 saturated carbocycles. The Labute approximate surface area is 293 Å². The van der Waals surface area contributed by atoms with E-state index in [4.69, 9.17) is 18.9 Å². The lowest BCUT2D eigenvalue weighted by atomic mass is 9.76. The highest BCUT2D eigenvalue weighted by atomic mass is 28.3. The largest absolute Gasteiger partial charge is 0.457 e. The molecular formula is C41H66O6Si. The highest BCUT2D eigenvalue weighted by Crippen LogP contribution is 2.39. The molecule has 0 amide bonds. The van der Waals surface area contributed by atoms with E-state index in [0.717, 1.165) is 75.2 Å². The van der Waals surface area contributed by atoms with Gasteiger partial charge in [0.15, 0.2) is 0 Å². The molecule has 6 nitrogen and oxygen atoms in total. The van der Waals surface area contributed by atoms with Crippen LogP contribution in [0, 0.1) is 11.3 Å². The number of esters is 2. The van der Waals surface area contributed by atoms with Crippen LogP contribution in [0.1, 0.15) is 134 Å². The zero-order valence-corrected chi connectivity index (χ0v) is 32.3. The number of carbonyl (C=O) groups excluding carboxylic acids is 2. The van der Waals surface area contributed by atoms with E-state index in [1.54, 1.807) is 13.8 Å². The van der Waals surface area contributed by atoms with Gasteiger partial charge < -0.3 is 18.9 Å². The summed E-state index contributed by atoms with van der Waals surface area (Å²) in [4.78, 5) is 25.2. The van der Waals surface area contributed by atoms with Gasteiger partial charge in [0, 0.05) is 23.2 Å². The van der Waals surface area contributed by atoms with Crippen molar-refractivity contribution in [2.24, 2.45) is 11.3 Å². The monoisotopic (exact) mass is 682 g/mol. The minimum absolute atomic E-state index is 0.205. The molecule has 0 unspecified atom stereocenters. The van der Waals surface area contributed by atoms with Crippen LogP contribution in [0.2, 0.25) is 19.1 Å². The molecule has 0 N–H and O–H groups in total. The van der Waals surface area contributed by atoms with Crippen molar-refractivity contribution in [1.29, 1.82) is 0 Å². The topological polar surface area (TPSA) is 71.1 Å². The van der Waals surface area contributed by atoms with Gasteiger partial charge in [-0.15, -0.1) is 0 Å². The van der Waals surface area contributed by atoms with Crippen molar-refractivity contribution in [3.05, 3.63) is 53.1 Å². The predicted molar refractivity (Wildman–Crippen MR) is 199 cm³/mol. The maximum atomic E-state index is 12.6. The fourth-order valence-electron chi connectivity index (χ4n) is 7.71. The molecule has 0 bridgehead atoms. The molecular weight excluding hydrogens is 617 g/mol. The third-order valence-corrected chi connectivity index (χ3v) is 14.1. The van der Waals surface area contributed by atoms with Gasteiger partial charge >= 0.3 is 11.9 Å². The third kappa shape index (κ3) is 12.3. The average molecular weight is 683 g/mol. The minimum Gasteiger partial charge on any atom is -0.457 e. The van der Waals surface area contributed by atoms with Crippen molar-refractivity contribution >= 4 is 25.2 Å². The first-order valence-electron chi connectivity index (χ1n) is 18.9. The molecule has 270 valence electrons.